The summed E-state index contributed by atoms with van der Waals surface area (Å²) in [6, 6.07) is 27.0. The Morgan fingerprint density at radius 3 is 2.13 bits per heavy atom. The van der Waals surface area contributed by atoms with E-state index in [9.17, 15) is 18.0 Å². The van der Waals surface area contributed by atoms with E-state index in [1.807, 2.05) is 50.2 Å². The molecule has 0 unspecified atom stereocenters. The summed E-state index contributed by atoms with van der Waals surface area (Å²) in [4.78, 5) is 29.8. The Morgan fingerprint density at radius 2 is 1.49 bits per heavy atom. The largest absolute Gasteiger partial charge is 0.354 e. The lowest BCUT2D eigenvalue weighted by Gasteiger charge is -2.34. The highest BCUT2D eigenvalue weighted by Gasteiger charge is 2.35. The van der Waals surface area contributed by atoms with Gasteiger partial charge in [0, 0.05) is 19.5 Å². The lowest BCUT2D eigenvalue weighted by Crippen LogP contribution is -2.53. The fourth-order valence-electron chi connectivity index (χ4n) is 4.95. The third-order valence-corrected chi connectivity index (χ3v) is 9.94. The Hall–Kier alpha value is -3.85. The SMILES string of the molecule is CCCNC(=O)[C@@H](Cc1ccccc1)N(Cc1ccc(Cl)c(Cl)c1)C(=O)CN(c1ccccc1C)S(=O)(=O)c1ccc(C)cc1. The van der Waals surface area contributed by atoms with E-state index in [0.717, 1.165) is 15.4 Å². The van der Waals surface area contributed by atoms with Crippen molar-refractivity contribution in [2.24, 2.45) is 0 Å². The van der Waals surface area contributed by atoms with Crippen molar-refractivity contribution in [3.8, 4) is 0 Å². The molecule has 0 bridgehead atoms. The highest BCUT2D eigenvalue weighted by atomic mass is 35.5. The molecular formula is C35H37Cl2N3O4S. The van der Waals surface area contributed by atoms with Crippen LogP contribution in [0.3, 0.4) is 0 Å². The molecule has 0 fully saturated rings. The van der Waals surface area contributed by atoms with Crippen molar-refractivity contribution >= 4 is 50.7 Å². The molecule has 0 spiro atoms. The number of hydrogen-bond donors (Lipinski definition) is 1. The van der Waals surface area contributed by atoms with Crippen molar-refractivity contribution in [3.63, 3.8) is 0 Å². The summed E-state index contributed by atoms with van der Waals surface area (Å²) < 4.78 is 29.5. The molecule has 236 valence electrons. The van der Waals surface area contributed by atoms with Crippen LogP contribution in [0, 0.1) is 13.8 Å². The molecule has 0 heterocycles. The predicted molar refractivity (Wildman–Crippen MR) is 181 cm³/mol. The molecule has 4 aromatic rings. The lowest BCUT2D eigenvalue weighted by molar-refractivity contribution is -0.140. The van der Waals surface area contributed by atoms with Crippen molar-refractivity contribution in [1.29, 1.82) is 0 Å². The maximum Gasteiger partial charge on any atom is 0.264 e. The van der Waals surface area contributed by atoms with E-state index in [2.05, 4.69) is 5.32 Å². The summed E-state index contributed by atoms with van der Waals surface area (Å²) in [5.74, 6) is -0.884. The van der Waals surface area contributed by atoms with Gasteiger partial charge in [0.15, 0.2) is 0 Å². The minimum Gasteiger partial charge on any atom is -0.354 e. The third kappa shape index (κ3) is 8.66. The van der Waals surface area contributed by atoms with Crippen LogP contribution in [0.25, 0.3) is 0 Å². The first kappa shape index (κ1) is 34.0. The van der Waals surface area contributed by atoms with Gasteiger partial charge in [0.25, 0.3) is 10.0 Å². The molecule has 0 radical (unpaired) electrons. The van der Waals surface area contributed by atoms with Gasteiger partial charge >= 0.3 is 0 Å². The molecule has 45 heavy (non-hydrogen) atoms. The molecule has 4 aromatic carbocycles. The van der Waals surface area contributed by atoms with Crippen LogP contribution < -0.4 is 9.62 Å². The average molecular weight is 667 g/mol. The first-order valence-corrected chi connectivity index (χ1v) is 16.9. The Morgan fingerprint density at radius 1 is 0.822 bits per heavy atom. The van der Waals surface area contributed by atoms with Crippen LogP contribution in [-0.2, 0) is 32.6 Å². The Labute approximate surface area is 275 Å². The molecular weight excluding hydrogens is 629 g/mol. The van der Waals surface area contributed by atoms with Gasteiger partial charge in [-0.05, 0) is 67.3 Å². The smallest absolute Gasteiger partial charge is 0.264 e. The van der Waals surface area contributed by atoms with Gasteiger partial charge < -0.3 is 10.2 Å². The van der Waals surface area contributed by atoms with Gasteiger partial charge in [-0.25, -0.2) is 8.42 Å². The first-order chi connectivity index (χ1) is 21.5. The number of aryl methyl sites for hydroxylation is 2. The van der Waals surface area contributed by atoms with E-state index >= 15 is 0 Å². The fourth-order valence-corrected chi connectivity index (χ4v) is 6.75. The van der Waals surface area contributed by atoms with Gasteiger partial charge in [-0.3, -0.25) is 13.9 Å². The topological polar surface area (TPSA) is 86.8 Å². The van der Waals surface area contributed by atoms with Crippen LogP contribution in [0.5, 0.6) is 0 Å². The lowest BCUT2D eigenvalue weighted by atomic mass is 10.0. The van der Waals surface area contributed by atoms with Crippen molar-refractivity contribution in [3.05, 3.63) is 129 Å². The van der Waals surface area contributed by atoms with Crippen LogP contribution in [-0.4, -0.2) is 44.3 Å². The third-order valence-electron chi connectivity index (χ3n) is 7.43. The number of rotatable bonds is 13. The highest BCUT2D eigenvalue weighted by molar-refractivity contribution is 7.92. The molecule has 0 aliphatic rings. The predicted octanol–water partition coefficient (Wildman–Crippen LogP) is 6.97. The standard InChI is InChI=1S/C35H37Cl2N3O4S/c1-4-20-38-35(42)33(22-27-11-6-5-7-12-27)39(23-28-16-19-30(36)31(37)21-28)34(41)24-40(32-13-9-8-10-26(32)3)45(43,44)29-17-14-25(2)15-18-29/h5-19,21,33H,4,20,22-24H2,1-3H3,(H,38,42)/t33-/m1/s1. The van der Waals surface area contributed by atoms with Gasteiger partial charge in [-0.2, -0.15) is 0 Å². The van der Waals surface area contributed by atoms with E-state index in [1.54, 1.807) is 55.5 Å². The second-order valence-electron chi connectivity index (χ2n) is 10.9. The Bertz CT molecular complexity index is 1730. The summed E-state index contributed by atoms with van der Waals surface area (Å²) in [6.45, 7) is 5.50. The van der Waals surface area contributed by atoms with E-state index < -0.39 is 28.5 Å². The van der Waals surface area contributed by atoms with Crippen LogP contribution >= 0.6 is 23.2 Å². The number of hydrogen-bond acceptors (Lipinski definition) is 4. The fraction of sp³-hybridized carbons (Fsp3) is 0.257. The summed E-state index contributed by atoms with van der Waals surface area (Å²) >= 11 is 12.5. The first-order valence-electron chi connectivity index (χ1n) is 14.7. The number of carbonyl (C=O) groups is 2. The summed E-state index contributed by atoms with van der Waals surface area (Å²) in [7, 11) is -4.18. The quantitative estimate of drug-likeness (QED) is 0.167. The minimum atomic E-state index is -4.18. The number of para-hydroxylation sites is 1. The average Bonchev–Trinajstić information content (AvgIpc) is 3.03. The van der Waals surface area contributed by atoms with Gasteiger partial charge in [0.05, 0.1) is 20.6 Å². The zero-order chi connectivity index (χ0) is 32.6. The molecule has 0 saturated heterocycles. The number of benzene rings is 4. The van der Waals surface area contributed by atoms with E-state index in [0.29, 0.717) is 39.8 Å². The minimum absolute atomic E-state index is 0.00103. The van der Waals surface area contributed by atoms with Gasteiger partial charge in [-0.15, -0.1) is 0 Å². The van der Waals surface area contributed by atoms with Crippen LogP contribution in [0.2, 0.25) is 10.0 Å². The summed E-state index contributed by atoms with van der Waals surface area (Å²) in [5.41, 5.74) is 3.45. The zero-order valence-corrected chi connectivity index (χ0v) is 27.9. The number of nitrogens with zero attached hydrogens (tertiary/aromatic N) is 2. The summed E-state index contributed by atoms with van der Waals surface area (Å²) in [6.07, 6.45) is 0.929. The number of carbonyl (C=O) groups excluding carboxylic acids is 2. The Kier molecular flexibility index (Phi) is 11.7. The van der Waals surface area contributed by atoms with E-state index in [4.69, 9.17) is 23.2 Å². The van der Waals surface area contributed by atoms with Gasteiger partial charge in [0.1, 0.15) is 12.6 Å². The summed E-state index contributed by atoms with van der Waals surface area (Å²) in [5, 5.41) is 3.60. The molecule has 0 aliphatic heterocycles. The van der Waals surface area contributed by atoms with Crippen LogP contribution in [0.15, 0.2) is 102 Å². The maximum atomic E-state index is 14.5. The molecule has 0 aromatic heterocycles. The molecule has 4 rings (SSSR count). The number of anilines is 1. The number of amides is 2. The Balaban J connectivity index is 1.82. The molecule has 10 heteroatoms. The van der Waals surface area contributed by atoms with Crippen molar-refractivity contribution in [2.45, 2.75) is 51.1 Å². The zero-order valence-electron chi connectivity index (χ0n) is 25.5. The van der Waals surface area contributed by atoms with E-state index in [-0.39, 0.29) is 23.8 Å². The van der Waals surface area contributed by atoms with Crippen molar-refractivity contribution in [1.82, 2.24) is 10.2 Å². The maximum absolute atomic E-state index is 14.5. The van der Waals surface area contributed by atoms with Crippen LogP contribution in [0.1, 0.15) is 35.6 Å². The second-order valence-corrected chi connectivity index (χ2v) is 13.6. The number of nitrogens with one attached hydrogen (secondary N) is 1. The van der Waals surface area contributed by atoms with Crippen molar-refractivity contribution < 1.29 is 18.0 Å². The van der Waals surface area contributed by atoms with Crippen LogP contribution in [0.4, 0.5) is 5.69 Å². The highest BCUT2D eigenvalue weighted by Crippen LogP contribution is 2.29. The molecule has 1 atom stereocenters. The molecule has 0 saturated carbocycles. The molecule has 1 N–H and O–H groups in total. The van der Waals surface area contributed by atoms with Crippen molar-refractivity contribution in [2.75, 3.05) is 17.4 Å². The normalized spacial score (nSPS) is 11.9. The van der Waals surface area contributed by atoms with Gasteiger partial charge in [0.2, 0.25) is 11.8 Å². The molecule has 7 nitrogen and oxygen atoms in total. The number of halogens is 2. The monoisotopic (exact) mass is 665 g/mol. The van der Waals surface area contributed by atoms with Gasteiger partial charge in [-0.1, -0.05) is 102 Å². The number of sulfonamides is 1. The molecule has 0 aliphatic carbocycles. The molecule has 2 amide bonds. The van der Waals surface area contributed by atoms with E-state index in [1.165, 1.54) is 17.0 Å². The second kappa shape index (κ2) is 15.4.